The summed E-state index contributed by atoms with van der Waals surface area (Å²) >= 11 is 1.22. The molecule has 1 heterocycles. The maximum absolute atomic E-state index is 11.4. The Morgan fingerprint density at radius 1 is 1.42 bits per heavy atom. The molecule has 106 valence electrons. The van der Waals surface area contributed by atoms with Gasteiger partial charge in [0.05, 0.1) is 13.0 Å². The third-order valence-corrected chi connectivity index (χ3v) is 3.96. The van der Waals surface area contributed by atoms with Crippen LogP contribution in [0.3, 0.4) is 0 Å². The molecule has 0 saturated carbocycles. The zero-order valence-electron chi connectivity index (χ0n) is 11.6. The lowest BCUT2D eigenvalue weighted by Gasteiger charge is -2.10. The quantitative estimate of drug-likeness (QED) is 0.871. The van der Waals surface area contributed by atoms with Crippen molar-refractivity contribution >= 4 is 23.2 Å². The van der Waals surface area contributed by atoms with Crippen LogP contribution in [0.15, 0.2) is 6.07 Å². The van der Waals surface area contributed by atoms with Crippen LogP contribution in [0, 0.1) is 0 Å². The van der Waals surface area contributed by atoms with Gasteiger partial charge in [-0.1, -0.05) is 13.8 Å². The van der Waals surface area contributed by atoms with Crippen LogP contribution < -0.4 is 4.74 Å². The molecule has 0 spiro atoms. The summed E-state index contributed by atoms with van der Waals surface area (Å²) in [4.78, 5) is 25.2. The largest absolute Gasteiger partial charge is 0.491 e. The zero-order chi connectivity index (χ0) is 14.6. The third kappa shape index (κ3) is 4.24. The van der Waals surface area contributed by atoms with Crippen LogP contribution in [0.5, 0.6) is 5.75 Å². The van der Waals surface area contributed by atoms with Crippen molar-refractivity contribution in [1.82, 2.24) is 4.90 Å². The van der Waals surface area contributed by atoms with Crippen molar-refractivity contribution in [1.29, 1.82) is 0 Å². The summed E-state index contributed by atoms with van der Waals surface area (Å²) in [6.45, 7) is 4.18. The lowest BCUT2D eigenvalue weighted by Crippen LogP contribution is -2.23. The normalized spacial score (nSPS) is 10.6. The van der Waals surface area contributed by atoms with Crippen LogP contribution in [-0.4, -0.2) is 42.6 Å². The van der Waals surface area contributed by atoms with E-state index in [4.69, 9.17) is 9.84 Å². The smallest absolute Gasteiger partial charge is 0.349 e. The van der Waals surface area contributed by atoms with E-state index >= 15 is 0 Å². The first kappa shape index (κ1) is 15.5. The summed E-state index contributed by atoms with van der Waals surface area (Å²) in [6.07, 6.45) is 0.235. The molecule has 0 fully saturated rings. The van der Waals surface area contributed by atoms with Crippen molar-refractivity contribution in [2.75, 3.05) is 20.7 Å². The number of aromatic carboxylic acids is 1. The van der Waals surface area contributed by atoms with Crippen molar-refractivity contribution in [2.24, 2.45) is 0 Å². The maximum Gasteiger partial charge on any atom is 0.349 e. The van der Waals surface area contributed by atoms with Gasteiger partial charge < -0.3 is 14.7 Å². The monoisotopic (exact) mass is 285 g/mol. The SMILES string of the molecule is CC(C)c1cc(OCCC(=O)N(C)C)c(C(=O)O)s1. The van der Waals surface area contributed by atoms with Gasteiger partial charge in [-0.3, -0.25) is 4.79 Å². The van der Waals surface area contributed by atoms with Crippen molar-refractivity contribution in [3.63, 3.8) is 0 Å². The predicted molar refractivity (Wildman–Crippen MR) is 74.2 cm³/mol. The molecule has 0 unspecified atom stereocenters. The number of hydrogen-bond donors (Lipinski definition) is 1. The molecule has 1 aromatic rings. The number of thiophene rings is 1. The number of carbonyl (C=O) groups excluding carboxylic acids is 1. The van der Waals surface area contributed by atoms with Crippen LogP contribution >= 0.6 is 11.3 Å². The Labute approximate surface area is 116 Å². The van der Waals surface area contributed by atoms with E-state index in [9.17, 15) is 9.59 Å². The summed E-state index contributed by atoms with van der Waals surface area (Å²) in [5.74, 6) is -0.432. The minimum atomic E-state index is -0.995. The van der Waals surface area contributed by atoms with Crippen LogP contribution in [0.2, 0.25) is 0 Å². The summed E-state index contributed by atoms with van der Waals surface area (Å²) in [5, 5.41) is 9.11. The van der Waals surface area contributed by atoms with Gasteiger partial charge in [-0.2, -0.15) is 0 Å². The number of carboxylic acid groups (broad SMARTS) is 1. The van der Waals surface area contributed by atoms with Crippen molar-refractivity contribution in [3.8, 4) is 5.75 Å². The lowest BCUT2D eigenvalue weighted by molar-refractivity contribution is -0.129. The van der Waals surface area contributed by atoms with Crippen LogP contribution in [0.4, 0.5) is 0 Å². The first-order chi connectivity index (χ1) is 8.82. The molecule has 0 aliphatic rings. The molecule has 0 aromatic carbocycles. The first-order valence-electron chi connectivity index (χ1n) is 6.03. The fourth-order valence-corrected chi connectivity index (χ4v) is 2.35. The fourth-order valence-electron chi connectivity index (χ4n) is 1.41. The Morgan fingerprint density at radius 3 is 2.53 bits per heavy atom. The van der Waals surface area contributed by atoms with Gasteiger partial charge in [-0.05, 0) is 12.0 Å². The highest BCUT2D eigenvalue weighted by Crippen LogP contribution is 2.33. The Bertz CT molecular complexity index is 465. The average molecular weight is 285 g/mol. The third-order valence-electron chi connectivity index (χ3n) is 2.55. The Hall–Kier alpha value is -1.56. The van der Waals surface area contributed by atoms with E-state index < -0.39 is 5.97 Å². The molecule has 1 aromatic heterocycles. The van der Waals surface area contributed by atoms with E-state index in [1.54, 1.807) is 20.2 Å². The van der Waals surface area contributed by atoms with Crippen LogP contribution in [0.25, 0.3) is 0 Å². The minimum absolute atomic E-state index is 0.0452. The molecular weight excluding hydrogens is 266 g/mol. The molecule has 1 amide bonds. The van der Waals surface area contributed by atoms with E-state index in [-0.39, 0.29) is 29.7 Å². The number of amides is 1. The van der Waals surface area contributed by atoms with Gasteiger partial charge in [0.25, 0.3) is 0 Å². The molecule has 0 aliphatic heterocycles. The van der Waals surface area contributed by atoms with Gasteiger partial charge >= 0.3 is 5.97 Å². The summed E-state index contributed by atoms with van der Waals surface area (Å²) < 4.78 is 5.43. The molecule has 0 aliphatic carbocycles. The van der Waals surface area contributed by atoms with Crippen molar-refractivity contribution in [2.45, 2.75) is 26.2 Å². The first-order valence-corrected chi connectivity index (χ1v) is 6.84. The molecule has 0 atom stereocenters. The van der Waals surface area contributed by atoms with Crippen LogP contribution in [-0.2, 0) is 4.79 Å². The number of nitrogens with zero attached hydrogens (tertiary/aromatic N) is 1. The molecule has 1 rings (SSSR count). The standard InChI is InChI=1S/C13H19NO4S/c1-8(2)10-7-9(12(19-10)13(16)17)18-6-5-11(15)14(3)4/h7-8H,5-6H2,1-4H3,(H,16,17). The summed E-state index contributed by atoms with van der Waals surface area (Å²) in [6, 6.07) is 1.75. The molecule has 0 saturated heterocycles. The second-order valence-corrected chi connectivity index (χ2v) is 5.77. The summed E-state index contributed by atoms with van der Waals surface area (Å²) in [7, 11) is 3.35. The van der Waals surface area contributed by atoms with Crippen molar-refractivity contribution < 1.29 is 19.4 Å². The van der Waals surface area contributed by atoms with E-state index in [1.807, 2.05) is 13.8 Å². The maximum atomic E-state index is 11.4. The second-order valence-electron chi connectivity index (χ2n) is 4.69. The van der Waals surface area contributed by atoms with Crippen LogP contribution in [0.1, 0.15) is 40.7 Å². The highest BCUT2D eigenvalue weighted by atomic mass is 32.1. The zero-order valence-corrected chi connectivity index (χ0v) is 12.4. The van der Waals surface area contributed by atoms with Gasteiger partial charge in [0.15, 0.2) is 4.88 Å². The fraction of sp³-hybridized carbons (Fsp3) is 0.538. The lowest BCUT2D eigenvalue weighted by atomic mass is 10.2. The number of carbonyl (C=O) groups is 2. The number of ether oxygens (including phenoxy) is 1. The highest BCUT2D eigenvalue weighted by molar-refractivity contribution is 7.14. The molecule has 5 nitrogen and oxygen atoms in total. The topological polar surface area (TPSA) is 66.8 Å². The molecule has 0 bridgehead atoms. The van der Waals surface area contributed by atoms with Gasteiger partial charge in [0.2, 0.25) is 5.91 Å². The summed E-state index contributed by atoms with van der Waals surface area (Å²) in [5.41, 5.74) is 0. The van der Waals surface area contributed by atoms with E-state index in [0.29, 0.717) is 5.75 Å². The molecule has 0 radical (unpaired) electrons. The number of rotatable bonds is 6. The second kappa shape index (κ2) is 6.56. The molecule has 6 heteroatoms. The van der Waals surface area contributed by atoms with Gasteiger partial charge in [-0.25, -0.2) is 4.79 Å². The Kier molecular flexibility index (Phi) is 5.35. The number of hydrogen-bond acceptors (Lipinski definition) is 4. The van der Waals surface area contributed by atoms with Gasteiger partial charge in [-0.15, -0.1) is 11.3 Å². The average Bonchev–Trinajstić information content (AvgIpc) is 2.73. The molecule has 19 heavy (non-hydrogen) atoms. The minimum Gasteiger partial charge on any atom is -0.491 e. The van der Waals surface area contributed by atoms with E-state index in [1.165, 1.54) is 16.2 Å². The number of carboxylic acids is 1. The van der Waals surface area contributed by atoms with Crippen molar-refractivity contribution in [3.05, 3.63) is 15.8 Å². The predicted octanol–water partition coefficient (Wildman–Crippen LogP) is 2.43. The van der Waals surface area contributed by atoms with Gasteiger partial charge in [0, 0.05) is 19.0 Å². The molecule has 1 N–H and O–H groups in total. The highest BCUT2D eigenvalue weighted by Gasteiger charge is 2.18. The Balaban J connectivity index is 2.71. The van der Waals surface area contributed by atoms with Gasteiger partial charge in [0.1, 0.15) is 5.75 Å². The van der Waals surface area contributed by atoms with E-state index in [0.717, 1.165) is 4.88 Å². The molecular formula is C13H19NO4S. The Morgan fingerprint density at radius 2 is 2.05 bits per heavy atom. The van der Waals surface area contributed by atoms with E-state index in [2.05, 4.69) is 0 Å².